The van der Waals surface area contributed by atoms with Gasteiger partial charge in [0.15, 0.2) is 11.6 Å². The maximum absolute atomic E-state index is 13.5. The summed E-state index contributed by atoms with van der Waals surface area (Å²) in [5.74, 6) is -0.385. The molecule has 1 aromatic heterocycles. The summed E-state index contributed by atoms with van der Waals surface area (Å²) in [6, 6.07) is 5.95. The third-order valence-electron chi connectivity index (χ3n) is 4.82. The summed E-state index contributed by atoms with van der Waals surface area (Å²) in [7, 11) is 0. The number of nitrogens with one attached hydrogen (secondary N) is 1. The van der Waals surface area contributed by atoms with Crippen LogP contribution in [0.4, 0.5) is 20.5 Å². The first-order valence-electron chi connectivity index (χ1n) is 9.18. The molecule has 6 nitrogen and oxygen atoms in total. The van der Waals surface area contributed by atoms with Crippen LogP contribution in [0.3, 0.4) is 0 Å². The first-order valence-corrected chi connectivity index (χ1v) is 9.18. The lowest BCUT2D eigenvalue weighted by Crippen LogP contribution is -2.39. The second kappa shape index (κ2) is 8.14. The molecule has 4 rings (SSSR count). The Hall–Kier alpha value is -2.32. The SMILES string of the molecule is Fc1ccc(C2CN(c3nccc(NC4CCCOC4)n3)CCO2)cc1F. The first-order chi connectivity index (χ1) is 13.2. The molecule has 2 atom stereocenters. The topological polar surface area (TPSA) is 59.5 Å². The summed E-state index contributed by atoms with van der Waals surface area (Å²) in [6.45, 7) is 3.06. The second-order valence-corrected chi connectivity index (χ2v) is 6.78. The zero-order valence-corrected chi connectivity index (χ0v) is 14.9. The lowest BCUT2D eigenvalue weighted by atomic mass is 10.1. The van der Waals surface area contributed by atoms with Gasteiger partial charge < -0.3 is 19.7 Å². The zero-order valence-electron chi connectivity index (χ0n) is 14.9. The monoisotopic (exact) mass is 376 g/mol. The minimum atomic E-state index is -0.870. The summed E-state index contributed by atoms with van der Waals surface area (Å²) in [4.78, 5) is 11.0. The van der Waals surface area contributed by atoms with E-state index >= 15 is 0 Å². The number of nitrogens with zero attached hydrogens (tertiary/aromatic N) is 3. The Morgan fingerprint density at radius 1 is 1.15 bits per heavy atom. The van der Waals surface area contributed by atoms with Crippen LogP contribution in [0, 0.1) is 11.6 Å². The van der Waals surface area contributed by atoms with Crippen molar-refractivity contribution >= 4 is 11.8 Å². The van der Waals surface area contributed by atoms with E-state index in [1.807, 2.05) is 11.0 Å². The normalized spacial score (nSPS) is 23.3. The van der Waals surface area contributed by atoms with E-state index in [9.17, 15) is 8.78 Å². The van der Waals surface area contributed by atoms with Crippen molar-refractivity contribution in [3.8, 4) is 0 Å². The van der Waals surface area contributed by atoms with Crippen molar-refractivity contribution in [2.75, 3.05) is 43.1 Å². The van der Waals surface area contributed by atoms with Gasteiger partial charge in [-0.05, 0) is 36.6 Å². The summed E-state index contributed by atoms with van der Waals surface area (Å²) in [5.41, 5.74) is 0.604. The van der Waals surface area contributed by atoms with Gasteiger partial charge in [-0.3, -0.25) is 0 Å². The highest BCUT2D eigenvalue weighted by atomic mass is 19.2. The minimum absolute atomic E-state index is 0.251. The number of hydrogen-bond donors (Lipinski definition) is 1. The Morgan fingerprint density at radius 2 is 2.07 bits per heavy atom. The smallest absolute Gasteiger partial charge is 0.227 e. The number of anilines is 2. The number of ether oxygens (including phenoxy) is 2. The molecule has 2 aromatic rings. The van der Waals surface area contributed by atoms with Gasteiger partial charge in [-0.2, -0.15) is 4.98 Å². The molecular weight excluding hydrogens is 354 g/mol. The Balaban J connectivity index is 1.46. The van der Waals surface area contributed by atoms with Gasteiger partial charge in [0.05, 0.1) is 25.8 Å². The zero-order chi connectivity index (χ0) is 18.6. The van der Waals surface area contributed by atoms with E-state index in [-0.39, 0.29) is 12.1 Å². The summed E-state index contributed by atoms with van der Waals surface area (Å²) >= 11 is 0. The fourth-order valence-electron chi connectivity index (χ4n) is 3.39. The van der Waals surface area contributed by atoms with Crippen LogP contribution < -0.4 is 10.2 Å². The molecule has 0 spiro atoms. The standard InChI is InChI=1S/C19H22F2N4O2/c20-15-4-3-13(10-16(15)21)17-11-25(7-9-27-17)19-22-6-5-18(24-19)23-14-2-1-8-26-12-14/h3-6,10,14,17H,1-2,7-9,11-12H2,(H,22,23,24). The van der Waals surface area contributed by atoms with Gasteiger partial charge in [0.25, 0.3) is 0 Å². The molecule has 2 unspecified atom stereocenters. The van der Waals surface area contributed by atoms with E-state index in [1.165, 1.54) is 6.07 Å². The highest BCUT2D eigenvalue weighted by molar-refractivity contribution is 5.42. The summed E-state index contributed by atoms with van der Waals surface area (Å²) in [6.07, 6.45) is 3.45. The van der Waals surface area contributed by atoms with Crippen LogP contribution in [0.2, 0.25) is 0 Å². The highest BCUT2D eigenvalue weighted by Crippen LogP contribution is 2.26. The van der Waals surface area contributed by atoms with Gasteiger partial charge in [0.1, 0.15) is 11.9 Å². The van der Waals surface area contributed by atoms with Crippen LogP contribution in [-0.2, 0) is 9.47 Å². The van der Waals surface area contributed by atoms with Crippen molar-refractivity contribution in [3.63, 3.8) is 0 Å². The van der Waals surface area contributed by atoms with Gasteiger partial charge >= 0.3 is 0 Å². The Morgan fingerprint density at radius 3 is 2.89 bits per heavy atom. The average molecular weight is 376 g/mol. The lowest BCUT2D eigenvalue weighted by molar-refractivity contribution is 0.0390. The molecule has 0 saturated carbocycles. The van der Waals surface area contributed by atoms with Gasteiger partial charge in [0, 0.05) is 19.3 Å². The van der Waals surface area contributed by atoms with Crippen molar-refractivity contribution in [2.24, 2.45) is 0 Å². The van der Waals surface area contributed by atoms with E-state index in [1.54, 1.807) is 12.3 Å². The third kappa shape index (κ3) is 4.33. The molecule has 2 aliphatic rings. The number of aromatic nitrogens is 2. The predicted molar refractivity (Wildman–Crippen MR) is 96.8 cm³/mol. The van der Waals surface area contributed by atoms with Crippen LogP contribution in [0.1, 0.15) is 24.5 Å². The maximum Gasteiger partial charge on any atom is 0.227 e. The molecule has 27 heavy (non-hydrogen) atoms. The van der Waals surface area contributed by atoms with Crippen LogP contribution >= 0.6 is 0 Å². The van der Waals surface area contributed by atoms with Gasteiger partial charge in [-0.25, -0.2) is 13.8 Å². The first kappa shape index (κ1) is 18.1. The van der Waals surface area contributed by atoms with Crippen LogP contribution in [0.25, 0.3) is 0 Å². The summed E-state index contributed by atoms with van der Waals surface area (Å²) in [5, 5.41) is 3.39. The third-order valence-corrected chi connectivity index (χ3v) is 4.82. The average Bonchev–Trinajstić information content (AvgIpc) is 2.71. The number of rotatable bonds is 4. The fourth-order valence-corrected chi connectivity index (χ4v) is 3.39. The molecule has 0 aliphatic carbocycles. The number of morpholine rings is 1. The minimum Gasteiger partial charge on any atom is -0.379 e. The molecule has 0 amide bonds. The molecule has 2 saturated heterocycles. The maximum atomic E-state index is 13.5. The van der Waals surface area contributed by atoms with Crippen molar-refractivity contribution in [1.29, 1.82) is 0 Å². The Kier molecular flexibility index (Phi) is 5.45. The molecule has 0 radical (unpaired) electrons. The summed E-state index contributed by atoms with van der Waals surface area (Å²) < 4.78 is 38.0. The molecule has 8 heteroatoms. The van der Waals surface area contributed by atoms with Crippen molar-refractivity contribution in [3.05, 3.63) is 47.7 Å². The number of benzene rings is 1. The van der Waals surface area contributed by atoms with E-state index < -0.39 is 11.6 Å². The molecule has 1 aromatic carbocycles. The Bertz CT molecular complexity index is 786. The van der Waals surface area contributed by atoms with Gasteiger partial charge in [0.2, 0.25) is 5.95 Å². The molecule has 2 aliphatic heterocycles. The van der Waals surface area contributed by atoms with Crippen LogP contribution in [-0.4, -0.2) is 48.9 Å². The largest absolute Gasteiger partial charge is 0.379 e. The van der Waals surface area contributed by atoms with Gasteiger partial charge in [-0.15, -0.1) is 0 Å². The van der Waals surface area contributed by atoms with E-state index in [2.05, 4.69) is 15.3 Å². The molecule has 3 heterocycles. The number of hydrogen-bond acceptors (Lipinski definition) is 6. The van der Waals surface area contributed by atoms with Crippen molar-refractivity contribution < 1.29 is 18.3 Å². The van der Waals surface area contributed by atoms with Crippen molar-refractivity contribution in [1.82, 2.24) is 9.97 Å². The predicted octanol–water partition coefficient (Wildman–Crippen LogP) is 2.92. The van der Waals surface area contributed by atoms with Gasteiger partial charge in [-0.1, -0.05) is 6.07 Å². The molecular formula is C19H22F2N4O2. The Labute approximate surface area is 156 Å². The fraction of sp³-hybridized carbons (Fsp3) is 0.474. The van der Waals surface area contributed by atoms with E-state index in [0.29, 0.717) is 37.8 Å². The van der Waals surface area contributed by atoms with E-state index in [0.717, 1.165) is 31.3 Å². The van der Waals surface area contributed by atoms with Crippen LogP contribution in [0.5, 0.6) is 0 Å². The molecule has 144 valence electrons. The molecule has 1 N–H and O–H groups in total. The second-order valence-electron chi connectivity index (χ2n) is 6.78. The number of halogens is 2. The van der Waals surface area contributed by atoms with Crippen LogP contribution in [0.15, 0.2) is 30.5 Å². The quantitative estimate of drug-likeness (QED) is 0.886. The lowest BCUT2D eigenvalue weighted by Gasteiger charge is -2.33. The van der Waals surface area contributed by atoms with E-state index in [4.69, 9.17) is 9.47 Å². The van der Waals surface area contributed by atoms with Crippen molar-refractivity contribution in [2.45, 2.75) is 25.0 Å². The molecule has 0 bridgehead atoms. The highest BCUT2D eigenvalue weighted by Gasteiger charge is 2.25. The molecule has 2 fully saturated rings.